The number of hydrogen-bond acceptors (Lipinski definition) is 16. The van der Waals surface area contributed by atoms with E-state index in [4.69, 9.17) is 11.6 Å². The number of alkyl halides is 3. The van der Waals surface area contributed by atoms with Crippen molar-refractivity contribution in [1.82, 2.24) is 35.0 Å². The number of benzene rings is 5. The Balaban J connectivity index is 0.761. The molecule has 3 aliphatic rings. The number of aliphatic hydroxyl groups is 1. The van der Waals surface area contributed by atoms with Gasteiger partial charge in [0.25, 0.3) is 25.8 Å². The number of unbranched alkanes of at least 4 members (excludes halogenated alkanes) is 3. The number of carbonyl (C=O) groups excluding carboxylic acids is 4. The zero-order valence-electron chi connectivity index (χ0n) is 58.0. The Morgan fingerprint density at radius 3 is 2.16 bits per heavy atom. The average Bonchev–Trinajstić information content (AvgIpc) is 1.48. The summed E-state index contributed by atoms with van der Waals surface area (Å²) in [6, 6.07) is 30.9. The van der Waals surface area contributed by atoms with Gasteiger partial charge in [-0.25, -0.2) is 26.5 Å². The van der Waals surface area contributed by atoms with E-state index in [2.05, 4.69) is 56.7 Å². The zero-order valence-corrected chi connectivity index (χ0v) is 62.1. The number of thiazole rings is 1. The fourth-order valence-electron chi connectivity index (χ4n) is 13.1. The van der Waals surface area contributed by atoms with Crippen LogP contribution >= 0.6 is 34.7 Å². The highest BCUT2D eigenvalue weighted by atomic mass is 35.5. The second kappa shape index (κ2) is 33.5. The maximum absolute atomic E-state index is 14.6. The maximum atomic E-state index is 14.6. The minimum Gasteiger partial charge on any atom is -0.391 e. The molecular weight excluding hydrogens is 1380 g/mol. The molecule has 2 fully saturated rings. The van der Waals surface area contributed by atoms with Crippen LogP contribution in [0.1, 0.15) is 139 Å². The SMILES string of the molecule is Cc1ncsc1-c1ccc([C@H](C)NC(=O)[C@@H]2C[C@@H](O)CN2C(=O)[C@@H](NC(=O)CCCCCCN(C)CC[C@H](CSc2ccccc2)Nc2ccc(S(=O)(=O)NC(=O)c3ccc(N4CCN(CC5=C(c6ccc(Cl)cc6)CCC(C)(C)C5)CC4)cc3)cc2S(=O)(=O)C(F)(F)F)C(C)(C)C)cc1. The monoisotopic (exact) mass is 1470 g/mol. The number of halogens is 4. The molecule has 0 bridgehead atoms. The summed E-state index contributed by atoms with van der Waals surface area (Å²) in [6.45, 7) is 18.7. The first kappa shape index (κ1) is 77.3. The molecule has 5 atom stereocenters. The van der Waals surface area contributed by atoms with E-state index < -0.39 is 94.3 Å². The van der Waals surface area contributed by atoms with Crippen LogP contribution in [0.25, 0.3) is 16.0 Å². The summed E-state index contributed by atoms with van der Waals surface area (Å²) in [5, 5.41) is 20.4. The fourth-order valence-corrected chi connectivity index (χ4v) is 17.0. The second-order valence-electron chi connectivity index (χ2n) is 28.4. The van der Waals surface area contributed by atoms with Crippen molar-refractivity contribution in [3.63, 3.8) is 0 Å². The number of thioether (sulfide) groups is 1. The van der Waals surface area contributed by atoms with Crippen molar-refractivity contribution >= 4 is 95.1 Å². The largest absolute Gasteiger partial charge is 0.501 e. The van der Waals surface area contributed by atoms with Crippen molar-refractivity contribution in [2.75, 3.05) is 75.4 Å². The van der Waals surface area contributed by atoms with Gasteiger partial charge in [-0.2, -0.15) is 13.2 Å². The number of hydrogen-bond donors (Lipinski definition) is 5. The number of aromatic nitrogens is 1. The Morgan fingerprint density at radius 2 is 1.51 bits per heavy atom. The summed E-state index contributed by atoms with van der Waals surface area (Å²) in [4.78, 5) is 67.3. The number of nitrogens with zero attached hydrogens (tertiary/aromatic N) is 5. The predicted molar refractivity (Wildman–Crippen MR) is 392 cm³/mol. The summed E-state index contributed by atoms with van der Waals surface area (Å²) in [5.41, 5.74) is 2.58. The Bertz CT molecular complexity index is 4070. The summed E-state index contributed by atoms with van der Waals surface area (Å²) in [6.07, 6.45) is 5.36. The lowest BCUT2D eigenvalue weighted by Crippen LogP contribution is -2.57. The van der Waals surface area contributed by atoms with Gasteiger partial charge in [0.05, 0.1) is 38.8 Å². The number of allylic oxidation sites excluding steroid dienone is 1. The van der Waals surface area contributed by atoms with Crippen LogP contribution in [0.3, 0.4) is 0 Å². The van der Waals surface area contributed by atoms with Gasteiger partial charge in [0, 0.05) is 85.1 Å². The van der Waals surface area contributed by atoms with Gasteiger partial charge in [-0.1, -0.05) is 119 Å². The number of β-amino-alcohol motifs (C(OH)–C–C–N with tert-alkyl or cyclic N) is 1. The Hall–Kier alpha value is -6.84. The fraction of sp³-hybridized carbons (Fsp3) is 0.473. The number of nitrogens with one attached hydrogen (secondary N) is 4. The van der Waals surface area contributed by atoms with Gasteiger partial charge in [-0.05, 0) is 172 Å². The van der Waals surface area contributed by atoms with Crippen LogP contribution in [-0.2, 0) is 34.2 Å². The molecule has 0 spiro atoms. The van der Waals surface area contributed by atoms with E-state index in [0.29, 0.717) is 56.5 Å². The van der Waals surface area contributed by atoms with E-state index in [0.717, 1.165) is 96.2 Å². The molecule has 5 N–H and O–H groups in total. The number of sulfone groups is 1. The first-order valence-electron chi connectivity index (χ1n) is 34.0. The van der Waals surface area contributed by atoms with Gasteiger partial charge in [0.15, 0.2) is 0 Å². The smallest absolute Gasteiger partial charge is 0.391 e. The van der Waals surface area contributed by atoms with Crippen LogP contribution in [0.4, 0.5) is 24.5 Å². The molecule has 0 saturated carbocycles. The first-order chi connectivity index (χ1) is 47.2. The number of piperazine rings is 1. The quantitative estimate of drug-likeness (QED) is 0.0217. The minimum absolute atomic E-state index is 0.0359. The van der Waals surface area contributed by atoms with Crippen molar-refractivity contribution in [2.24, 2.45) is 10.8 Å². The molecule has 18 nitrogen and oxygen atoms in total. The summed E-state index contributed by atoms with van der Waals surface area (Å²) in [7, 11) is -9.21. The molecule has 1 aromatic heterocycles. The lowest BCUT2D eigenvalue weighted by Gasteiger charge is -2.39. The number of aryl methyl sites for hydroxylation is 1. The predicted octanol–water partition coefficient (Wildman–Crippen LogP) is 13.2. The second-order valence-corrected chi connectivity index (χ2v) is 34.4. The standard InChI is InChI=1S/C74H93ClF3N9O9S4/c1-49(51-19-21-53(22-20-51)67-50(2)79-48-98-67)80-70(91)64-42-59(88)46-87(64)71(92)68(72(3,4)5)82-66(89)18-14-9-10-15-36-84(8)37-34-57(47-97-60-16-12-11-13-17-60)81-63-32-31-61(43-65(63)99(93,94)74(76,77)78)100(95,96)83-69(90)54-25-29-58(30-26-54)86-40-38-85(39-41-86)45-55-44-73(6,7)35-33-62(55)52-23-27-56(75)28-24-52/h11-13,16-17,19-32,43,48-49,57,59,64,68,81,88H,9-10,14-15,18,33-42,44-47H2,1-8H3,(H,80,91)(H,82,89)(H,83,90)/t49-,57+,59+,64-,68+/m0/s1. The highest BCUT2D eigenvalue weighted by molar-refractivity contribution is 7.99. The lowest BCUT2D eigenvalue weighted by molar-refractivity contribution is -0.144. The molecule has 540 valence electrons. The topological polar surface area (TPSA) is 231 Å². The van der Waals surface area contributed by atoms with Gasteiger partial charge < -0.3 is 35.8 Å². The number of likely N-dealkylation sites (tertiary alicyclic amines) is 1. The molecule has 3 heterocycles. The molecular formula is C74H93ClF3N9O9S4. The number of carbonyl (C=O) groups is 4. The van der Waals surface area contributed by atoms with Crippen molar-refractivity contribution in [3.05, 3.63) is 160 Å². The molecule has 0 unspecified atom stereocenters. The molecule has 5 aromatic carbocycles. The number of rotatable bonds is 29. The highest BCUT2D eigenvalue weighted by Crippen LogP contribution is 2.44. The third kappa shape index (κ3) is 20.5. The van der Waals surface area contributed by atoms with E-state index in [1.807, 2.05) is 118 Å². The molecule has 1 aliphatic carbocycles. The minimum atomic E-state index is -6.17. The molecule has 9 rings (SSSR count). The Kier molecular flexibility index (Phi) is 25.9. The molecule has 4 amide bonds. The Morgan fingerprint density at radius 1 is 0.840 bits per heavy atom. The maximum Gasteiger partial charge on any atom is 0.501 e. The number of amides is 4. The van der Waals surface area contributed by atoms with Gasteiger partial charge in [0.1, 0.15) is 17.0 Å². The average molecular weight is 1470 g/mol. The van der Waals surface area contributed by atoms with Gasteiger partial charge in [0.2, 0.25) is 17.7 Å². The number of anilines is 2. The van der Waals surface area contributed by atoms with Crippen LogP contribution in [0, 0.1) is 17.8 Å². The first-order valence-corrected chi connectivity index (χ1v) is 39.2. The molecule has 2 aliphatic heterocycles. The zero-order chi connectivity index (χ0) is 72.3. The molecule has 2 saturated heterocycles. The van der Waals surface area contributed by atoms with Crippen LogP contribution in [0.15, 0.2) is 147 Å². The summed E-state index contributed by atoms with van der Waals surface area (Å²) >= 11 is 9.18. The van der Waals surface area contributed by atoms with Crippen molar-refractivity contribution in [1.29, 1.82) is 0 Å². The van der Waals surface area contributed by atoms with Crippen molar-refractivity contribution < 1.29 is 54.3 Å². The summed E-state index contributed by atoms with van der Waals surface area (Å²) in [5.74, 6) is -1.96. The van der Waals surface area contributed by atoms with Gasteiger partial charge in [-0.15, -0.1) is 23.1 Å². The molecule has 6 aromatic rings. The van der Waals surface area contributed by atoms with E-state index in [1.54, 1.807) is 29.0 Å². The number of aliphatic hydroxyl groups excluding tert-OH is 1. The summed E-state index contributed by atoms with van der Waals surface area (Å²) < 4.78 is 100. The normalized spacial score (nSPS) is 18.0. The van der Waals surface area contributed by atoms with Crippen LogP contribution in [0.2, 0.25) is 5.02 Å². The van der Waals surface area contributed by atoms with Crippen LogP contribution < -0.4 is 25.6 Å². The number of sulfonamides is 1. The van der Waals surface area contributed by atoms with Gasteiger partial charge >= 0.3 is 5.51 Å². The molecule has 0 radical (unpaired) electrons. The van der Waals surface area contributed by atoms with Crippen molar-refractivity contribution in [3.8, 4) is 10.4 Å². The lowest BCUT2D eigenvalue weighted by atomic mass is 9.73. The highest BCUT2D eigenvalue weighted by Gasteiger charge is 2.49. The molecule has 100 heavy (non-hydrogen) atoms. The van der Waals surface area contributed by atoms with E-state index in [1.165, 1.54) is 45.5 Å². The molecule has 26 heteroatoms. The van der Waals surface area contributed by atoms with E-state index >= 15 is 0 Å². The third-order valence-electron chi connectivity index (χ3n) is 18.9. The van der Waals surface area contributed by atoms with Crippen LogP contribution in [0.5, 0.6) is 0 Å². The van der Waals surface area contributed by atoms with Crippen LogP contribution in [-0.4, -0.2) is 160 Å². The van der Waals surface area contributed by atoms with E-state index in [9.17, 15) is 54.3 Å². The van der Waals surface area contributed by atoms with Crippen molar-refractivity contribution in [2.45, 2.75) is 163 Å². The van der Waals surface area contributed by atoms with E-state index in [-0.39, 0.29) is 42.0 Å². The third-order valence-corrected chi connectivity index (χ3v) is 24.2. The Labute approximate surface area is 600 Å². The van der Waals surface area contributed by atoms with Gasteiger partial charge in [-0.3, -0.25) is 24.1 Å².